The molecule has 0 aliphatic rings. The van der Waals surface area contributed by atoms with Gasteiger partial charge in [0.15, 0.2) is 0 Å². The summed E-state index contributed by atoms with van der Waals surface area (Å²) in [6.45, 7) is 1.62. The Bertz CT molecular complexity index is 1170. The van der Waals surface area contributed by atoms with Crippen LogP contribution in [0.25, 0.3) is 10.8 Å². The molecule has 0 fully saturated rings. The van der Waals surface area contributed by atoms with Gasteiger partial charge < -0.3 is 14.4 Å². The highest BCUT2D eigenvalue weighted by Gasteiger charge is 2.16. The second kappa shape index (κ2) is 11.2. The zero-order valence-corrected chi connectivity index (χ0v) is 18.9. The number of carbonyl (C=O) groups excluding carboxylic acids is 1. The second-order valence-corrected chi connectivity index (χ2v) is 8.00. The van der Waals surface area contributed by atoms with E-state index in [-0.39, 0.29) is 5.91 Å². The minimum Gasteiger partial charge on any atom is -0.497 e. The van der Waals surface area contributed by atoms with Crippen LogP contribution in [0.3, 0.4) is 0 Å². The number of hydrogen-bond acceptors (Lipinski definition) is 3. The molecule has 4 nitrogen and oxygen atoms in total. The van der Waals surface area contributed by atoms with E-state index in [0.29, 0.717) is 32.5 Å². The van der Waals surface area contributed by atoms with Crippen molar-refractivity contribution in [1.29, 1.82) is 0 Å². The first-order valence-corrected chi connectivity index (χ1v) is 11.3. The molecule has 4 aromatic rings. The molecule has 168 valence electrons. The summed E-state index contributed by atoms with van der Waals surface area (Å²) in [6.07, 6.45) is 1.11. The molecule has 0 unspecified atom stereocenters. The quantitative estimate of drug-likeness (QED) is 0.275. The van der Waals surface area contributed by atoms with Crippen molar-refractivity contribution < 1.29 is 14.3 Å². The van der Waals surface area contributed by atoms with E-state index >= 15 is 0 Å². The highest BCUT2D eigenvalue weighted by atomic mass is 16.5. The molecular formula is C29H29NO3. The Balaban J connectivity index is 1.46. The molecule has 4 heteroatoms. The van der Waals surface area contributed by atoms with Crippen LogP contribution >= 0.6 is 0 Å². The van der Waals surface area contributed by atoms with Crippen LogP contribution in [-0.2, 0) is 17.9 Å². The number of amides is 1. The highest BCUT2D eigenvalue weighted by molar-refractivity contribution is 5.86. The Labute approximate surface area is 195 Å². The van der Waals surface area contributed by atoms with E-state index < -0.39 is 0 Å². The molecule has 4 rings (SSSR count). The van der Waals surface area contributed by atoms with Gasteiger partial charge in [-0.05, 0) is 52.6 Å². The van der Waals surface area contributed by atoms with E-state index in [1.807, 2.05) is 71.6 Å². The van der Waals surface area contributed by atoms with Gasteiger partial charge in [-0.25, -0.2) is 0 Å². The van der Waals surface area contributed by atoms with Crippen molar-refractivity contribution in [3.05, 3.63) is 108 Å². The summed E-state index contributed by atoms with van der Waals surface area (Å²) in [7, 11) is 1.66. The van der Waals surface area contributed by atoms with Crippen LogP contribution in [0, 0.1) is 0 Å². The molecule has 0 saturated carbocycles. The van der Waals surface area contributed by atoms with Crippen LogP contribution in [0.1, 0.15) is 24.0 Å². The predicted molar refractivity (Wildman–Crippen MR) is 132 cm³/mol. The summed E-state index contributed by atoms with van der Waals surface area (Å²) in [5, 5.41) is 2.36. The molecule has 1 amide bonds. The summed E-state index contributed by atoms with van der Waals surface area (Å²) >= 11 is 0. The summed E-state index contributed by atoms with van der Waals surface area (Å²) < 4.78 is 11.0. The van der Waals surface area contributed by atoms with Gasteiger partial charge in [-0.15, -0.1) is 0 Å². The third kappa shape index (κ3) is 6.13. The lowest BCUT2D eigenvalue weighted by Gasteiger charge is -2.24. The lowest BCUT2D eigenvalue weighted by Crippen LogP contribution is -2.30. The van der Waals surface area contributed by atoms with E-state index in [4.69, 9.17) is 9.47 Å². The van der Waals surface area contributed by atoms with Gasteiger partial charge in [0.25, 0.3) is 0 Å². The van der Waals surface area contributed by atoms with Gasteiger partial charge >= 0.3 is 0 Å². The third-order valence-corrected chi connectivity index (χ3v) is 5.67. The van der Waals surface area contributed by atoms with Crippen molar-refractivity contribution in [3.8, 4) is 11.5 Å². The van der Waals surface area contributed by atoms with Crippen LogP contribution in [0.5, 0.6) is 11.5 Å². The maximum atomic E-state index is 13.3. The number of nitrogens with zero attached hydrogens (tertiary/aromatic N) is 1. The first-order valence-electron chi connectivity index (χ1n) is 11.3. The van der Waals surface area contributed by atoms with Crippen molar-refractivity contribution in [2.24, 2.45) is 0 Å². The molecule has 0 saturated heterocycles. The number of benzene rings is 4. The lowest BCUT2D eigenvalue weighted by molar-refractivity contribution is -0.132. The molecular weight excluding hydrogens is 410 g/mol. The molecule has 0 aliphatic heterocycles. The normalized spacial score (nSPS) is 10.7. The largest absolute Gasteiger partial charge is 0.497 e. The Hall–Kier alpha value is -3.79. The second-order valence-electron chi connectivity index (χ2n) is 8.00. The SMILES string of the molecule is COc1ccc(CN(Cc2cccc3ccccc23)C(=O)CCCOc2ccccc2)cc1. The van der Waals surface area contributed by atoms with Crippen LogP contribution in [0.2, 0.25) is 0 Å². The predicted octanol–water partition coefficient (Wildman–Crippen LogP) is 6.24. The van der Waals surface area contributed by atoms with Gasteiger partial charge in [0.2, 0.25) is 5.91 Å². The van der Waals surface area contributed by atoms with Crippen molar-refractivity contribution in [2.45, 2.75) is 25.9 Å². The van der Waals surface area contributed by atoms with Crippen LogP contribution in [-0.4, -0.2) is 24.5 Å². The van der Waals surface area contributed by atoms with Gasteiger partial charge in [-0.2, -0.15) is 0 Å². The molecule has 0 aliphatic carbocycles. The van der Waals surface area contributed by atoms with Gasteiger partial charge in [0.1, 0.15) is 11.5 Å². The number of hydrogen-bond donors (Lipinski definition) is 0. The maximum absolute atomic E-state index is 13.3. The summed E-state index contributed by atoms with van der Waals surface area (Å²) in [5.74, 6) is 1.76. The smallest absolute Gasteiger partial charge is 0.223 e. The molecule has 0 bridgehead atoms. The van der Waals surface area contributed by atoms with Crippen molar-refractivity contribution in [2.75, 3.05) is 13.7 Å². The lowest BCUT2D eigenvalue weighted by atomic mass is 10.0. The minimum absolute atomic E-state index is 0.121. The Kier molecular flexibility index (Phi) is 7.60. The average molecular weight is 440 g/mol. The fourth-order valence-corrected chi connectivity index (χ4v) is 3.91. The highest BCUT2D eigenvalue weighted by Crippen LogP contribution is 2.22. The van der Waals surface area contributed by atoms with Crippen LogP contribution in [0.15, 0.2) is 97.1 Å². The number of methoxy groups -OCH3 is 1. The summed E-state index contributed by atoms with van der Waals surface area (Å²) in [6, 6.07) is 32.2. The van der Waals surface area contributed by atoms with Crippen LogP contribution < -0.4 is 9.47 Å². The fraction of sp³-hybridized carbons (Fsp3) is 0.207. The average Bonchev–Trinajstić information content (AvgIpc) is 2.87. The van der Waals surface area contributed by atoms with Crippen LogP contribution in [0.4, 0.5) is 0 Å². The van der Waals surface area contributed by atoms with E-state index in [9.17, 15) is 4.79 Å². The number of carbonyl (C=O) groups is 1. The molecule has 0 heterocycles. The molecule has 0 spiro atoms. The number of rotatable bonds is 10. The molecule has 0 aromatic heterocycles. The maximum Gasteiger partial charge on any atom is 0.223 e. The Morgan fingerprint density at radius 3 is 2.27 bits per heavy atom. The van der Waals surface area contributed by atoms with Crippen molar-refractivity contribution in [1.82, 2.24) is 4.90 Å². The Morgan fingerprint density at radius 1 is 0.758 bits per heavy atom. The molecule has 0 atom stereocenters. The number of fused-ring (bicyclic) bond motifs is 1. The first-order chi connectivity index (χ1) is 16.2. The van der Waals surface area contributed by atoms with E-state index in [0.717, 1.165) is 22.6 Å². The van der Waals surface area contributed by atoms with E-state index in [1.54, 1.807) is 7.11 Å². The van der Waals surface area contributed by atoms with E-state index in [2.05, 4.69) is 30.3 Å². The van der Waals surface area contributed by atoms with Gasteiger partial charge in [-0.3, -0.25) is 4.79 Å². The summed E-state index contributed by atoms with van der Waals surface area (Å²) in [4.78, 5) is 15.2. The summed E-state index contributed by atoms with van der Waals surface area (Å²) in [5.41, 5.74) is 2.22. The molecule has 0 N–H and O–H groups in total. The van der Waals surface area contributed by atoms with Gasteiger partial charge in [0.05, 0.1) is 13.7 Å². The molecule has 4 aromatic carbocycles. The van der Waals surface area contributed by atoms with Crippen molar-refractivity contribution >= 4 is 16.7 Å². The van der Waals surface area contributed by atoms with Crippen molar-refractivity contribution in [3.63, 3.8) is 0 Å². The standard InChI is InChI=1S/C29H29NO3/c1-32-26-18-16-23(17-19-26)21-30(22-25-11-7-10-24-9-5-6-14-28(24)25)29(31)15-8-20-33-27-12-3-2-4-13-27/h2-7,9-14,16-19H,8,15,20-22H2,1H3. The number of ether oxygens (including phenoxy) is 2. The topological polar surface area (TPSA) is 38.8 Å². The van der Waals surface area contributed by atoms with E-state index in [1.165, 1.54) is 10.8 Å². The minimum atomic E-state index is 0.121. The Morgan fingerprint density at radius 2 is 1.48 bits per heavy atom. The third-order valence-electron chi connectivity index (χ3n) is 5.67. The van der Waals surface area contributed by atoms with Gasteiger partial charge in [-0.1, -0.05) is 72.8 Å². The zero-order chi connectivity index (χ0) is 22.9. The fourth-order valence-electron chi connectivity index (χ4n) is 3.91. The zero-order valence-electron chi connectivity index (χ0n) is 18.9. The molecule has 33 heavy (non-hydrogen) atoms. The number of para-hydroxylation sites is 1. The molecule has 0 radical (unpaired) electrons. The van der Waals surface area contributed by atoms with Gasteiger partial charge in [0, 0.05) is 19.5 Å². The first kappa shape index (κ1) is 22.4. The monoisotopic (exact) mass is 439 g/mol.